The van der Waals surface area contributed by atoms with Gasteiger partial charge in [0.1, 0.15) is 5.75 Å². The fraction of sp³-hybridized carbons (Fsp3) is 0.409. The molecule has 4 nitrogen and oxygen atoms in total. The fourth-order valence-electron chi connectivity index (χ4n) is 3.58. The molecule has 0 spiro atoms. The van der Waals surface area contributed by atoms with Crippen molar-refractivity contribution in [1.29, 1.82) is 0 Å². The van der Waals surface area contributed by atoms with Crippen molar-refractivity contribution in [1.82, 2.24) is 5.32 Å². The summed E-state index contributed by atoms with van der Waals surface area (Å²) in [5.74, 6) is 1.02. The lowest BCUT2D eigenvalue weighted by atomic mass is 10.1. The van der Waals surface area contributed by atoms with Crippen LogP contribution in [0.25, 0.3) is 0 Å². The highest BCUT2D eigenvalue weighted by Gasteiger charge is 2.17. The van der Waals surface area contributed by atoms with Gasteiger partial charge in [0.05, 0.1) is 7.11 Å². The Labute approximate surface area is 156 Å². The minimum Gasteiger partial charge on any atom is -0.496 e. The lowest BCUT2D eigenvalue weighted by Crippen LogP contribution is -2.29. The van der Waals surface area contributed by atoms with E-state index >= 15 is 0 Å². The largest absolute Gasteiger partial charge is 0.496 e. The zero-order valence-corrected chi connectivity index (χ0v) is 15.8. The van der Waals surface area contributed by atoms with Gasteiger partial charge in [-0.05, 0) is 55.0 Å². The van der Waals surface area contributed by atoms with E-state index in [1.165, 1.54) is 16.8 Å². The van der Waals surface area contributed by atoms with Crippen molar-refractivity contribution in [2.75, 3.05) is 31.6 Å². The molecule has 0 radical (unpaired) electrons. The molecule has 1 amide bonds. The third kappa shape index (κ3) is 4.57. The molecule has 0 aromatic heterocycles. The number of fused-ring (bicyclic) bond motifs is 1. The van der Waals surface area contributed by atoms with Crippen LogP contribution in [0.15, 0.2) is 42.5 Å². The lowest BCUT2D eigenvalue weighted by Gasteiger charge is -2.19. The third-order valence-electron chi connectivity index (χ3n) is 5.01. The van der Waals surface area contributed by atoms with Crippen molar-refractivity contribution in [2.45, 2.75) is 32.6 Å². The van der Waals surface area contributed by atoms with E-state index in [4.69, 9.17) is 4.74 Å². The van der Waals surface area contributed by atoms with Gasteiger partial charge in [-0.1, -0.05) is 30.3 Å². The summed E-state index contributed by atoms with van der Waals surface area (Å²) in [4.78, 5) is 14.5. The minimum absolute atomic E-state index is 0.125. The zero-order valence-electron chi connectivity index (χ0n) is 15.8. The van der Waals surface area contributed by atoms with E-state index in [-0.39, 0.29) is 5.91 Å². The number of carbonyl (C=O) groups excluding carboxylic acids is 1. The Hall–Kier alpha value is -2.49. The standard InChI is InChI=1S/C22H28N2O2/c1-17-16-18(8-10-21(17)26-2)9-11-22(25)23-13-5-14-24-15-12-19-6-3-4-7-20(19)24/h3-4,6-8,10,16H,5,9,11-15H2,1-2H3,(H,23,25). The van der Waals surface area contributed by atoms with Gasteiger partial charge in [0.2, 0.25) is 5.91 Å². The van der Waals surface area contributed by atoms with Crippen molar-refractivity contribution < 1.29 is 9.53 Å². The molecule has 2 aromatic rings. The van der Waals surface area contributed by atoms with Gasteiger partial charge < -0.3 is 15.0 Å². The molecule has 0 fully saturated rings. The van der Waals surface area contributed by atoms with Crippen molar-refractivity contribution in [3.63, 3.8) is 0 Å². The van der Waals surface area contributed by atoms with Crippen LogP contribution >= 0.6 is 0 Å². The second kappa shape index (κ2) is 8.75. The zero-order chi connectivity index (χ0) is 18.4. The van der Waals surface area contributed by atoms with Gasteiger partial charge in [-0.15, -0.1) is 0 Å². The predicted molar refractivity (Wildman–Crippen MR) is 106 cm³/mol. The number of carbonyl (C=O) groups is 1. The highest BCUT2D eigenvalue weighted by atomic mass is 16.5. The summed E-state index contributed by atoms with van der Waals surface area (Å²) >= 11 is 0. The highest BCUT2D eigenvalue weighted by Crippen LogP contribution is 2.27. The molecule has 2 aromatic carbocycles. The number of benzene rings is 2. The summed E-state index contributed by atoms with van der Waals surface area (Å²) in [6, 6.07) is 14.7. The Kier molecular flexibility index (Phi) is 6.16. The average molecular weight is 352 g/mol. The molecule has 26 heavy (non-hydrogen) atoms. The van der Waals surface area contributed by atoms with Crippen LogP contribution in [-0.2, 0) is 17.6 Å². The first-order chi connectivity index (χ1) is 12.7. The Morgan fingerprint density at radius 2 is 2.08 bits per heavy atom. The van der Waals surface area contributed by atoms with Crippen LogP contribution in [0.3, 0.4) is 0 Å². The summed E-state index contributed by atoms with van der Waals surface area (Å²) in [5.41, 5.74) is 5.07. The van der Waals surface area contributed by atoms with Crippen molar-refractivity contribution in [2.24, 2.45) is 0 Å². The Morgan fingerprint density at radius 3 is 2.88 bits per heavy atom. The van der Waals surface area contributed by atoms with Crippen LogP contribution in [0.4, 0.5) is 5.69 Å². The maximum absolute atomic E-state index is 12.1. The van der Waals surface area contributed by atoms with E-state index in [1.54, 1.807) is 7.11 Å². The number of hydrogen-bond donors (Lipinski definition) is 1. The van der Waals surface area contributed by atoms with Crippen molar-refractivity contribution >= 4 is 11.6 Å². The Balaban J connectivity index is 1.35. The molecule has 1 N–H and O–H groups in total. The first kappa shape index (κ1) is 18.3. The number of hydrogen-bond acceptors (Lipinski definition) is 3. The molecule has 0 saturated heterocycles. The van der Waals surface area contributed by atoms with E-state index in [1.807, 2.05) is 19.1 Å². The SMILES string of the molecule is COc1ccc(CCC(=O)NCCCN2CCc3ccccc32)cc1C. The Bertz CT molecular complexity index is 758. The quantitative estimate of drug-likeness (QED) is 0.739. The number of rotatable bonds is 8. The van der Waals surface area contributed by atoms with Crippen molar-refractivity contribution in [3.8, 4) is 5.75 Å². The van der Waals surface area contributed by atoms with Crippen molar-refractivity contribution in [3.05, 3.63) is 59.2 Å². The van der Waals surface area contributed by atoms with Crippen LogP contribution in [0.2, 0.25) is 0 Å². The molecule has 0 saturated carbocycles. The van der Waals surface area contributed by atoms with Gasteiger partial charge in [-0.3, -0.25) is 4.79 Å². The van der Waals surface area contributed by atoms with E-state index in [0.717, 1.165) is 50.2 Å². The molecule has 0 aliphatic carbocycles. The summed E-state index contributed by atoms with van der Waals surface area (Å²) in [6.07, 6.45) is 3.39. The normalized spacial score (nSPS) is 12.8. The molecule has 138 valence electrons. The molecule has 4 heteroatoms. The molecule has 1 aliphatic heterocycles. The van der Waals surface area contributed by atoms with Gasteiger partial charge in [-0.2, -0.15) is 0 Å². The third-order valence-corrected chi connectivity index (χ3v) is 5.01. The van der Waals surface area contributed by atoms with E-state index in [9.17, 15) is 4.79 Å². The number of aryl methyl sites for hydroxylation is 2. The van der Waals surface area contributed by atoms with Crippen LogP contribution in [0.5, 0.6) is 5.75 Å². The summed E-state index contributed by atoms with van der Waals surface area (Å²) in [7, 11) is 1.68. The smallest absolute Gasteiger partial charge is 0.220 e. The van der Waals surface area contributed by atoms with E-state index in [2.05, 4.69) is 40.5 Å². The van der Waals surface area contributed by atoms with Gasteiger partial charge in [0.25, 0.3) is 0 Å². The van der Waals surface area contributed by atoms with E-state index < -0.39 is 0 Å². The van der Waals surface area contributed by atoms with Gasteiger partial charge >= 0.3 is 0 Å². The molecule has 0 atom stereocenters. The number of ether oxygens (including phenoxy) is 1. The predicted octanol–water partition coefficient (Wildman–Crippen LogP) is 3.51. The van der Waals surface area contributed by atoms with E-state index in [0.29, 0.717) is 6.42 Å². The number of anilines is 1. The molecular formula is C22H28N2O2. The fourth-order valence-corrected chi connectivity index (χ4v) is 3.58. The van der Waals surface area contributed by atoms with Gasteiger partial charge in [-0.25, -0.2) is 0 Å². The summed E-state index contributed by atoms with van der Waals surface area (Å²) in [5, 5.41) is 3.05. The van der Waals surface area contributed by atoms with Gasteiger partial charge in [0, 0.05) is 31.7 Å². The lowest BCUT2D eigenvalue weighted by molar-refractivity contribution is -0.121. The molecule has 1 heterocycles. The molecule has 0 unspecified atom stereocenters. The number of nitrogens with one attached hydrogen (secondary N) is 1. The minimum atomic E-state index is 0.125. The summed E-state index contributed by atoms with van der Waals surface area (Å²) < 4.78 is 5.27. The van der Waals surface area contributed by atoms with Crippen LogP contribution in [-0.4, -0.2) is 32.7 Å². The molecule has 1 aliphatic rings. The molecule has 3 rings (SSSR count). The molecular weight excluding hydrogens is 324 g/mol. The topological polar surface area (TPSA) is 41.6 Å². The van der Waals surface area contributed by atoms with Crippen LogP contribution < -0.4 is 15.0 Å². The number of para-hydroxylation sites is 1. The first-order valence-corrected chi connectivity index (χ1v) is 9.40. The second-order valence-electron chi connectivity index (χ2n) is 6.87. The number of amides is 1. The average Bonchev–Trinajstić information content (AvgIpc) is 3.07. The summed E-state index contributed by atoms with van der Waals surface area (Å²) in [6.45, 7) is 4.84. The monoisotopic (exact) mass is 352 g/mol. The Morgan fingerprint density at radius 1 is 1.23 bits per heavy atom. The second-order valence-corrected chi connectivity index (χ2v) is 6.87. The van der Waals surface area contributed by atoms with Crippen LogP contribution in [0.1, 0.15) is 29.5 Å². The number of methoxy groups -OCH3 is 1. The molecule has 0 bridgehead atoms. The maximum Gasteiger partial charge on any atom is 0.220 e. The van der Waals surface area contributed by atoms with Crippen LogP contribution in [0, 0.1) is 6.92 Å². The number of nitrogens with zero attached hydrogens (tertiary/aromatic N) is 1. The first-order valence-electron chi connectivity index (χ1n) is 9.40. The van der Waals surface area contributed by atoms with Gasteiger partial charge in [0.15, 0.2) is 0 Å². The highest BCUT2D eigenvalue weighted by molar-refractivity contribution is 5.76. The maximum atomic E-state index is 12.1.